The molecule has 2 aromatic carbocycles. The number of rotatable bonds is 3. The average Bonchev–Trinajstić information content (AvgIpc) is 3.00. The van der Waals surface area contributed by atoms with Crippen molar-refractivity contribution in [2.45, 2.75) is 0 Å². The van der Waals surface area contributed by atoms with Gasteiger partial charge in [-0.15, -0.1) is 0 Å². The van der Waals surface area contributed by atoms with E-state index in [0.29, 0.717) is 5.02 Å². The number of fused-ring (bicyclic) bond motifs is 1. The molecular formula is C20H14ClN3. The predicted octanol–water partition coefficient (Wildman–Crippen LogP) is 5.41. The number of nitrogens with zero attached hydrogens (tertiary/aromatic N) is 3. The lowest BCUT2D eigenvalue weighted by Crippen LogP contribution is -1.87. The Hall–Kier alpha value is -2.91. The summed E-state index contributed by atoms with van der Waals surface area (Å²) in [4.78, 5) is 9.30. The van der Waals surface area contributed by atoms with Crippen molar-refractivity contribution in [3.05, 3.63) is 89.7 Å². The number of benzene rings is 2. The van der Waals surface area contributed by atoms with Gasteiger partial charge in [0.05, 0.1) is 17.4 Å². The molecule has 4 heteroatoms. The van der Waals surface area contributed by atoms with Crippen LogP contribution >= 0.6 is 11.6 Å². The Morgan fingerprint density at radius 3 is 2.42 bits per heavy atom. The zero-order valence-corrected chi connectivity index (χ0v) is 13.6. The molecule has 2 heterocycles. The molecule has 116 valence electrons. The van der Waals surface area contributed by atoms with E-state index in [-0.39, 0.29) is 0 Å². The number of halogens is 1. The summed E-state index contributed by atoms with van der Waals surface area (Å²) in [5.41, 5.74) is 3.77. The summed E-state index contributed by atoms with van der Waals surface area (Å²) in [6.07, 6.45) is 3.82. The number of aliphatic imine (C=N–C) groups is 1. The van der Waals surface area contributed by atoms with E-state index >= 15 is 0 Å². The fraction of sp³-hybridized carbons (Fsp3) is 0. The second kappa shape index (κ2) is 6.30. The van der Waals surface area contributed by atoms with Crippen molar-refractivity contribution >= 4 is 29.0 Å². The Bertz CT molecular complexity index is 1000. The fourth-order valence-electron chi connectivity index (χ4n) is 2.61. The summed E-state index contributed by atoms with van der Waals surface area (Å²) in [6.45, 7) is 0. The largest absolute Gasteiger partial charge is 0.299 e. The van der Waals surface area contributed by atoms with E-state index in [1.54, 1.807) is 0 Å². The first-order valence-electron chi connectivity index (χ1n) is 7.63. The van der Waals surface area contributed by atoms with Crippen LogP contribution < -0.4 is 0 Å². The van der Waals surface area contributed by atoms with Crippen molar-refractivity contribution in [3.63, 3.8) is 0 Å². The van der Waals surface area contributed by atoms with Crippen LogP contribution in [0.4, 0.5) is 5.69 Å². The molecule has 0 bridgehead atoms. The van der Waals surface area contributed by atoms with Gasteiger partial charge in [0.2, 0.25) is 0 Å². The van der Waals surface area contributed by atoms with E-state index in [4.69, 9.17) is 16.6 Å². The van der Waals surface area contributed by atoms with Crippen molar-refractivity contribution in [1.82, 2.24) is 9.38 Å². The molecule has 0 fully saturated rings. The lowest BCUT2D eigenvalue weighted by atomic mass is 10.2. The highest BCUT2D eigenvalue weighted by atomic mass is 35.5. The molecule has 4 aromatic rings. The minimum atomic E-state index is 0.713. The number of hydrogen-bond donors (Lipinski definition) is 0. The molecule has 0 saturated carbocycles. The highest BCUT2D eigenvalue weighted by Crippen LogP contribution is 2.24. The molecular weight excluding hydrogens is 318 g/mol. The van der Waals surface area contributed by atoms with Crippen LogP contribution in [0.1, 0.15) is 5.69 Å². The maximum Gasteiger partial charge on any atom is 0.145 e. The van der Waals surface area contributed by atoms with Gasteiger partial charge in [-0.05, 0) is 48.5 Å². The molecule has 0 N–H and O–H groups in total. The highest BCUT2D eigenvalue weighted by Gasteiger charge is 2.10. The number of imidazole rings is 1. The van der Waals surface area contributed by atoms with E-state index in [1.807, 2.05) is 85.2 Å². The predicted molar refractivity (Wildman–Crippen MR) is 99.3 cm³/mol. The van der Waals surface area contributed by atoms with Crippen LogP contribution in [0.25, 0.3) is 16.9 Å². The molecule has 4 rings (SSSR count). The van der Waals surface area contributed by atoms with Gasteiger partial charge in [-0.2, -0.15) is 0 Å². The van der Waals surface area contributed by atoms with E-state index in [2.05, 4.69) is 9.39 Å². The first kappa shape index (κ1) is 14.7. The standard InChI is InChI=1S/C20H14ClN3/c21-16-11-9-15(10-12-16)20-23-18(19-8-4-5-13-24(19)20)14-22-17-6-2-1-3-7-17/h1-14H. The number of pyridine rings is 1. The Morgan fingerprint density at radius 2 is 1.62 bits per heavy atom. The van der Waals surface area contributed by atoms with Gasteiger partial charge in [-0.1, -0.05) is 35.9 Å². The van der Waals surface area contributed by atoms with E-state index in [0.717, 1.165) is 28.3 Å². The van der Waals surface area contributed by atoms with Crippen LogP contribution in [-0.2, 0) is 0 Å². The zero-order chi connectivity index (χ0) is 16.4. The lowest BCUT2D eigenvalue weighted by Gasteiger charge is -2.00. The zero-order valence-electron chi connectivity index (χ0n) is 12.8. The van der Waals surface area contributed by atoms with Gasteiger partial charge in [-0.25, -0.2) is 4.98 Å². The monoisotopic (exact) mass is 331 g/mol. The second-order valence-electron chi connectivity index (χ2n) is 5.38. The van der Waals surface area contributed by atoms with Crippen LogP contribution in [-0.4, -0.2) is 15.6 Å². The van der Waals surface area contributed by atoms with Crippen molar-refractivity contribution in [1.29, 1.82) is 0 Å². The van der Waals surface area contributed by atoms with Gasteiger partial charge in [0.15, 0.2) is 0 Å². The summed E-state index contributed by atoms with van der Waals surface area (Å²) in [5, 5.41) is 0.713. The molecule has 0 unspecified atom stereocenters. The molecule has 0 saturated heterocycles. The molecule has 0 spiro atoms. The molecule has 0 aliphatic carbocycles. The first-order chi connectivity index (χ1) is 11.8. The van der Waals surface area contributed by atoms with Crippen LogP contribution in [0, 0.1) is 0 Å². The number of aromatic nitrogens is 2. The molecule has 0 aliphatic heterocycles. The van der Waals surface area contributed by atoms with Crippen molar-refractivity contribution < 1.29 is 0 Å². The Morgan fingerprint density at radius 1 is 0.875 bits per heavy atom. The van der Waals surface area contributed by atoms with E-state index in [1.165, 1.54) is 0 Å². The van der Waals surface area contributed by atoms with Crippen LogP contribution in [0.15, 0.2) is 84.0 Å². The fourth-order valence-corrected chi connectivity index (χ4v) is 2.74. The van der Waals surface area contributed by atoms with Gasteiger partial charge in [0.1, 0.15) is 11.5 Å². The van der Waals surface area contributed by atoms with Crippen LogP contribution in [0.2, 0.25) is 5.02 Å². The molecule has 24 heavy (non-hydrogen) atoms. The molecule has 0 amide bonds. The number of hydrogen-bond acceptors (Lipinski definition) is 2. The molecule has 2 aromatic heterocycles. The molecule has 0 atom stereocenters. The van der Waals surface area contributed by atoms with Crippen molar-refractivity contribution in [3.8, 4) is 11.4 Å². The normalized spacial score (nSPS) is 11.4. The summed E-state index contributed by atoms with van der Waals surface area (Å²) in [5.74, 6) is 0.872. The van der Waals surface area contributed by atoms with Crippen LogP contribution in [0.3, 0.4) is 0 Å². The third kappa shape index (κ3) is 2.82. The number of para-hydroxylation sites is 1. The van der Waals surface area contributed by atoms with Crippen LogP contribution in [0.5, 0.6) is 0 Å². The van der Waals surface area contributed by atoms with Gasteiger partial charge in [0.25, 0.3) is 0 Å². The minimum absolute atomic E-state index is 0.713. The summed E-state index contributed by atoms with van der Waals surface area (Å²) in [6, 6.07) is 23.6. The van der Waals surface area contributed by atoms with Crippen molar-refractivity contribution in [2.24, 2.45) is 4.99 Å². The molecule has 3 nitrogen and oxygen atoms in total. The second-order valence-corrected chi connectivity index (χ2v) is 5.81. The van der Waals surface area contributed by atoms with Gasteiger partial charge in [0, 0.05) is 16.8 Å². The maximum absolute atomic E-state index is 5.99. The average molecular weight is 332 g/mol. The molecule has 0 aliphatic rings. The topological polar surface area (TPSA) is 29.7 Å². The Labute approximate surface area is 144 Å². The Kier molecular flexibility index (Phi) is 3.85. The summed E-state index contributed by atoms with van der Waals surface area (Å²) < 4.78 is 2.07. The molecule has 0 radical (unpaired) electrons. The third-order valence-corrected chi connectivity index (χ3v) is 4.02. The van der Waals surface area contributed by atoms with E-state index in [9.17, 15) is 0 Å². The first-order valence-corrected chi connectivity index (χ1v) is 8.01. The van der Waals surface area contributed by atoms with Crippen molar-refractivity contribution in [2.75, 3.05) is 0 Å². The quantitative estimate of drug-likeness (QED) is 0.462. The minimum Gasteiger partial charge on any atom is -0.299 e. The van der Waals surface area contributed by atoms with E-state index < -0.39 is 0 Å². The van der Waals surface area contributed by atoms with Gasteiger partial charge in [-0.3, -0.25) is 9.39 Å². The Balaban J connectivity index is 1.82. The summed E-state index contributed by atoms with van der Waals surface area (Å²) >= 11 is 5.99. The smallest absolute Gasteiger partial charge is 0.145 e. The summed E-state index contributed by atoms with van der Waals surface area (Å²) in [7, 11) is 0. The highest BCUT2D eigenvalue weighted by molar-refractivity contribution is 6.30. The maximum atomic E-state index is 5.99. The lowest BCUT2D eigenvalue weighted by molar-refractivity contribution is 1.16. The third-order valence-electron chi connectivity index (χ3n) is 3.77. The SMILES string of the molecule is Clc1ccc(-c2nc(C=Nc3ccccc3)c3ccccn23)cc1. The van der Waals surface area contributed by atoms with Gasteiger partial charge >= 0.3 is 0 Å². The van der Waals surface area contributed by atoms with Gasteiger partial charge < -0.3 is 0 Å².